The highest BCUT2D eigenvalue weighted by molar-refractivity contribution is 8.00. The maximum atomic E-state index is 12.8. The lowest BCUT2D eigenvalue weighted by molar-refractivity contribution is -0.0327. The van der Waals surface area contributed by atoms with Crippen molar-refractivity contribution in [2.75, 3.05) is 5.32 Å². The molecular weight excluding hydrogens is 304 g/mol. The van der Waals surface area contributed by atoms with Gasteiger partial charge in [-0.05, 0) is 43.0 Å². The van der Waals surface area contributed by atoms with E-state index in [4.69, 9.17) is 0 Å². The van der Waals surface area contributed by atoms with E-state index < -0.39 is 11.3 Å². The highest BCUT2D eigenvalue weighted by atomic mass is 32.2. The van der Waals surface area contributed by atoms with Gasteiger partial charge in [0.2, 0.25) is 0 Å². The number of thioether (sulfide) groups is 1. The minimum Gasteiger partial charge on any atom is -0.376 e. The van der Waals surface area contributed by atoms with E-state index in [9.17, 15) is 17.6 Å². The van der Waals surface area contributed by atoms with Crippen molar-refractivity contribution in [2.24, 2.45) is 0 Å². The van der Waals surface area contributed by atoms with Gasteiger partial charge < -0.3 is 5.32 Å². The van der Waals surface area contributed by atoms with Gasteiger partial charge in [-0.2, -0.15) is 13.2 Å². The molecule has 1 heterocycles. The minimum absolute atomic E-state index is 0.0824. The molecule has 2 rings (SSSR count). The van der Waals surface area contributed by atoms with Crippen LogP contribution in [0.5, 0.6) is 0 Å². The Morgan fingerprint density at radius 2 is 1.86 bits per heavy atom. The average molecular weight is 316 g/mol. The molecule has 0 saturated carbocycles. The van der Waals surface area contributed by atoms with Gasteiger partial charge in [0.25, 0.3) is 0 Å². The minimum atomic E-state index is -4.35. The van der Waals surface area contributed by atoms with Crippen LogP contribution < -0.4 is 5.32 Å². The second-order valence-corrected chi connectivity index (χ2v) is 5.42. The number of rotatable bonds is 4. The number of aromatic nitrogens is 1. The SMILES string of the molecule is CC(Nc1ccccc1SC(F)(F)F)c1ccc(F)cn1. The lowest BCUT2D eigenvalue weighted by atomic mass is 10.2. The van der Waals surface area contributed by atoms with E-state index in [1.807, 2.05) is 0 Å². The maximum absolute atomic E-state index is 12.8. The molecule has 2 nitrogen and oxygen atoms in total. The van der Waals surface area contributed by atoms with Gasteiger partial charge >= 0.3 is 5.51 Å². The molecule has 0 amide bonds. The Labute approximate surface area is 123 Å². The van der Waals surface area contributed by atoms with Crippen LogP contribution in [0.1, 0.15) is 18.7 Å². The van der Waals surface area contributed by atoms with Crippen LogP contribution in [0.15, 0.2) is 47.5 Å². The number of alkyl halides is 3. The number of anilines is 1. The van der Waals surface area contributed by atoms with Crippen molar-refractivity contribution in [3.63, 3.8) is 0 Å². The lowest BCUT2D eigenvalue weighted by Crippen LogP contribution is -2.10. The maximum Gasteiger partial charge on any atom is 0.446 e. The Morgan fingerprint density at radius 3 is 2.48 bits per heavy atom. The van der Waals surface area contributed by atoms with Crippen LogP contribution in [0.25, 0.3) is 0 Å². The topological polar surface area (TPSA) is 24.9 Å². The smallest absolute Gasteiger partial charge is 0.376 e. The summed E-state index contributed by atoms with van der Waals surface area (Å²) in [5, 5.41) is 2.96. The van der Waals surface area contributed by atoms with E-state index in [0.717, 1.165) is 6.20 Å². The summed E-state index contributed by atoms with van der Waals surface area (Å²) in [7, 11) is 0. The first-order valence-electron chi connectivity index (χ1n) is 6.08. The molecule has 0 aliphatic carbocycles. The van der Waals surface area contributed by atoms with E-state index in [1.165, 1.54) is 18.2 Å². The Morgan fingerprint density at radius 1 is 1.14 bits per heavy atom. The zero-order chi connectivity index (χ0) is 15.5. The van der Waals surface area contributed by atoms with Crippen molar-refractivity contribution >= 4 is 17.4 Å². The van der Waals surface area contributed by atoms with Gasteiger partial charge in [-0.3, -0.25) is 4.98 Å². The second kappa shape index (κ2) is 6.34. The first-order valence-corrected chi connectivity index (χ1v) is 6.89. The summed E-state index contributed by atoms with van der Waals surface area (Å²) in [5.74, 6) is -0.459. The fraction of sp³-hybridized carbons (Fsp3) is 0.214. The van der Waals surface area contributed by atoms with Crippen LogP contribution in [0, 0.1) is 5.82 Å². The molecule has 0 aliphatic rings. The van der Waals surface area contributed by atoms with Crippen LogP contribution in [0.2, 0.25) is 0 Å². The number of halogens is 4. The zero-order valence-electron chi connectivity index (χ0n) is 11.0. The van der Waals surface area contributed by atoms with Gasteiger partial charge in [-0.1, -0.05) is 12.1 Å². The van der Waals surface area contributed by atoms with Crippen molar-refractivity contribution in [1.29, 1.82) is 0 Å². The van der Waals surface area contributed by atoms with Crippen LogP contribution >= 0.6 is 11.8 Å². The summed E-state index contributed by atoms with van der Waals surface area (Å²) in [4.78, 5) is 3.99. The standard InChI is InChI=1S/C14H12F4N2S/c1-9(11-7-6-10(15)8-19-11)20-12-4-2-3-5-13(12)21-14(16,17)18/h2-9,20H,1H3. The molecule has 1 unspecified atom stereocenters. The fourth-order valence-electron chi connectivity index (χ4n) is 1.75. The molecule has 1 aromatic heterocycles. The molecule has 1 aromatic carbocycles. The van der Waals surface area contributed by atoms with Gasteiger partial charge in [0.05, 0.1) is 17.9 Å². The van der Waals surface area contributed by atoms with Crippen LogP contribution in [0.4, 0.5) is 23.2 Å². The fourth-order valence-corrected chi connectivity index (χ4v) is 2.38. The number of nitrogens with zero attached hydrogens (tertiary/aromatic N) is 1. The number of hydrogen-bond acceptors (Lipinski definition) is 3. The van der Waals surface area contributed by atoms with Gasteiger partial charge in [-0.25, -0.2) is 4.39 Å². The molecule has 1 atom stereocenters. The number of hydrogen-bond donors (Lipinski definition) is 1. The summed E-state index contributed by atoms with van der Waals surface area (Å²) < 4.78 is 50.3. The molecule has 0 spiro atoms. The van der Waals surface area contributed by atoms with Crippen molar-refractivity contribution in [1.82, 2.24) is 4.98 Å². The summed E-state index contributed by atoms with van der Waals surface area (Å²) in [5.41, 5.74) is -3.45. The molecule has 1 N–H and O–H groups in total. The average Bonchev–Trinajstić information content (AvgIpc) is 2.40. The summed E-state index contributed by atoms with van der Waals surface area (Å²) >= 11 is -0.176. The van der Waals surface area contributed by atoms with Gasteiger partial charge in [-0.15, -0.1) is 0 Å². The first-order chi connectivity index (χ1) is 9.85. The molecule has 0 radical (unpaired) electrons. The molecule has 112 valence electrons. The van der Waals surface area contributed by atoms with Crippen molar-refractivity contribution in [2.45, 2.75) is 23.4 Å². The van der Waals surface area contributed by atoms with Crippen LogP contribution in [0.3, 0.4) is 0 Å². The number of nitrogens with one attached hydrogen (secondary N) is 1. The summed E-state index contributed by atoms with van der Waals surface area (Å²) in [6.45, 7) is 1.75. The molecule has 7 heteroatoms. The molecule has 2 aromatic rings. The van der Waals surface area contributed by atoms with Crippen LogP contribution in [-0.4, -0.2) is 10.5 Å². The van der Waals surface area contributed by atoms with Gasteiger partial charge in [0.15, 0.2) is 0 Å². The molecule has 0 fully saturated rings. The van der Waals surface area contributed by atoms with E-state index in [0.29, 0.717) is 11.4 Å². The zero-order valence-corrected chi connectivity index (χ0v) is 11.8. The number of para-hydroxylation sites is 1. The second-order valence-electron chi connectivity index (χ2n) is 4.31. The van der Waals surface area contributed by atoms with Gasteiger partial charge in [0.1, 0.15) is 5.82 Å². The summed E-state index contributed by atoms with van der Waals surface area (Å²) in [6.07, 6.45) is 1.07. The van der Waals surface area contributed by atoms with Crippen LogP contribution in [-0.2, 0) is 0 Å². The normalized spacial score (nSPS) is 13.0. The van der Waals surface area contributed by atoms with Crippen molar-refractivity contribution < 1.29 is 17.6 Å². The van der Waals surface area contributed by atoms with Crippen molar-refractivity contribution in [3.8, 4) is 0 Å². The molecule has 21 heavy (non-hydrogen) atoms. The van der Waals surface area contributed by atoms with E-state index in [-0.39, 0.29) is 22.7 Å². The lowest BCUT2D eigenvalue weighted by Gasteiger charge is -2.18. The Kier molecular flexibility index (Phi) is 4.72. The van der Waals surface area contributed by atoms with Gasteiger partial charge in [0, 0.05) is 10.6 Å². The quantitative estimate of drug-likeness (QED) is 0.634. The third-order valence-electron chi connectivity index (χ3n) is 2.68. The number of benzene rings is 1. The molecule has 0 bridgehead atoms. The highest BCUT2D eigenvalue weighted by Gasteiger charge is 2.30. The third-order valence-corrected chi connectivity index (χ3v) is 3.49. The summed E-state index contributed by atoms with van der Waals surface area (Å²) in [6, 6.07) is 8.55. The predicted octanol–water partition coefficient (Wildman–Crippen LogP) is 5.01. The Bertz CT molecular complexity index is 599. The molecule has 0 saturated heterocycles. The number of pyridine rings is 1. The molecular formula is C14H12F4N2S. The van der Waals surface area contributed by atoms with Crippen molar-refractivity contribution in [3.05, 3.63) is 54.1 Å². The highest BCUT2D eigenvalue weighted by Crippen LogP contribution is 2.40. The first kappa shape index (κ1) is 15.6. The Hall–Kier alpha value is -1.76. The largest absolute Gasteiger partial charge is 0.446 e. The van der Waals surface area contributed by atoms with E-state index >= 15 is 0 Å². The Balaban J connectivity index is 2.17. The third kappa shape index (κ3) is 4.63. The van der Waals surface area contributed by atoms with E-state index in [2.05, 4.69) is 10.3 Å². The van der Waals surface area contributed by atoms with E-state index in [1.54, 1.807) is 25.1 Å². The predicted molar refractivity (Wildman–Crippen MR) is 74.6 cm³/mol. The molecule has 0 aliphatic heterocycles. The monoisotopic (exact) mass is 316 g/mol.